The fourth-order valence-corrected chi connectivity index (χ4v) is 4.22. The molecule has 3 aromatic rings. The van der Waals surface area contributed by atoms with Crippen LogP contribution in [0.1, 0.15) is 36.2 Å². The normalized spacial score (nSPS) is 15.3. The Morgan fingerprint density at radius 3 is 2.77 bits per heavy atom. The zero-order valence-corrected chi connectivity index (χ0v) is 17.8. The number of carbonyl (C=O) groups is 1. The number of para-hydroxylation sites is 1. The maximum Gasteiger partial charge on any atom is 0.318 e. The van der Waals surface area contributed by atoms with E-state index in [9.17, 15) is 4.79 Å². The van der Waals surface area contributed by atoms with E-state index in [1.807, 2.05) is 60.5 Å². The van der Waals surface area contributed by atoms with Crippen LogP contribution in [0.5, 0.6) is 0 Å². The Morgan fingerprint density at radius 2 is 1.93 bits per heavy atom. The number of nitrogens with one attached hydrogen (secondary N) is 1. The van der Waals surface area contributed by atoms with Crippen molar-refractivity contribution >= 4 is 17.6 Å². The minimum atomic E-state index is -0.298. The quantitative estimate of drug-likeness (QED) is 0.556. The maximum atomic E-state index is 13.3. The summed E-state index contributed by atoms with van der Waals surface area (Å²) >= 11 is 6.60. The lowest BCUT2D eigenvalue weighted by molar-refractivity contribution is 0.143. The summed E-state index contributed by atoms with van der Waals surface area (Å²) in [4.78, 5) is 15.2. The average molecular weight is 424 g/mol. The van der Waals surface area contributed by atoms with Crippen LogP contribution in [0.2, 0.25) is 5.02 Å². The van der Waals surface area contributed by atoms with Crippen molar-refractivity contribution in [2.75, 3.05) is 19.8 Å². The maximum absolute atomic E-state index is 13.3. The van der Waals surface area contributed by atoms with E-state index >= 15 is 0 Å². The second-order valence-corrected chi connectivity index (χ2v) is 7.67. The Kier molecular flexibility index (Phi) is 6.41. The third-order valence-corrected chi connectivity index (χ3v) is 5.71. The van der Waals surface area contributed by atoms with Gasteiger partial charge in [-0.3, -0.25) is 0 Å². The van der Waals surface area contributed by atoms with Gasteiger partial charge in [-0.2, -0.15) is 0 Å². The molecule has 1 aliphatic rings. The highest BCUT2D eigenvalue weighted by atomic mass is 35.5. The molecule has 5 nitrogen and oxygen atoms in total. The van der Waals surface area contributed by atoms with Crippen molar-refractivity contribution in [3.8, 4) is 5.69 Å². The molecule has 1 aromatic heterocycles. The lowest BCUT2D eigenvalue weighted by atomic mass is 10.0. The van der Waals surface area contributed by atoms with Crippen LogP contribution < -0.4 is 5.32 Å². The molecule has 0 bridgehead atoms. The van der Waals surface area contributed by atoms with Crippen LogP contribution in [0.3, 0.4) is 0 Å². The van der Waals surface area contributed by atoms with Gasteiger partial charge in [-0.25, -0.2) is 4.79 Å². The molecular weight excluding hydrogens is 398 g/mol. The van der Waals surface area contributed by atoms with E-state index in [4.69, 9.17) is 16.3 Å². The lowest BCUT2D eigenvalue weighted by Gasteiger charge is -2.31. The summed E-state index contributed by atoms with van der Waals surface area (Å²) in [6, 6.07) is 19.6. The van der Waals surface area contributed by atoms with Gasteiger partial charge in [0.1, 0.15) is 6.04 Å². The summed E-state index contributed by atoms with van der Waals surface area (Å²) in [5, 5.41) is 3.72. The van der Waals surface area contributed by atoms with E-state index in [1.165, 1.54) is 0 Å². The van der Waals surface area contributed by atoms with Crippen LogP contribution in [-0.4, -0.2) is 35.3 Å². The van der Waals surface area contributed by atoms with Crippen molar-refractivity contribution in [3.05, 3.63) is 88.7 Å². The smallest absolute Gasteiger partial charge is 0.318 e. The largest absolute Gasteiger partial charge is 0.382 e. The number of benzene rings is 2. The molecule has 0 spiro atoms. The number of nitrogens with zero attached hydrogens (tertiary/aromatic N) is 2. The molecule has 0 saturated heterocycles. The molecule has 1 N–H and O–H groups in total. The van der Waals surface area contributed by atoms with E-state index in [2.05, 4.69) is 28.1 Å². The first kappa shape index (κ1) is 20.5. The number of rotatable bonds is 6. The van der Waals surface area contributed by atoms with Gasteiger partial charge >= 0.3 is 6.03 Å². The summed E-state index contributed by atoms with van der Waals surface area (Å²) in [7, 11) is 0. The first-order valence-corrected chi connectivity index (χ1v) is 10.7. The number of halogens is 1. The predicted octanol–water partition coefficient (Wildman–Crippen LogP) is 5.17. The summed E-state index contributed by atoms with van der Waals surface area (Å²) in [5.74, 6) is 0. The molecule has 0 saturated carbocycles. The Bertz CT molecular complexity index is 1020. The molecule has 0 fully saturated rings. The highest BCUT2D eigenvalue weighted by Crippen LogP contribution is 2.38. The van der Waals surface area contributed by atoms with Crippen molar-refractivity contribution in [2.24, 2.45) is 0 Å². The number of amides is 2. The number of fused-ring (bicyclic) bond motifs is 3. The fraction of sp³-hybridized carbons (Fsp3) is 0.292. The van der Waals surface area contributed by atoms with Crippen molar-refractivity contribution in [3.63, 3.8) is 0 Å². The van der Waals surface area contributed by atoms with Crippen molar-refractivity contribution in [1.82, 2.24) is 14.8 Å². The topological polar surface area (TPSA) is 46.5 Å². The highest BCUT2D eigenvalue weighted by molar-refractivity contribution is 6.31. The second kappa shape index (κ2) is 9.37. The van der Waals surface area contributed by atoms with Crippen molar-refractivity contribution < 1.29 is 9.53 Å². The van der Waals surface area contributed by atoms with Gasteiger partial charge < -0.3 is 19.5 Å². The van der Waals surface area contributed by atoms with E-state index in [1.54, 1.807) is 0 Å². The van der Waals surface area contributed by atoms with Gasteiger partial charge in [-0.05, 0) is 48.7 Å². The fourth-order valence-electron chi connectivity index (χ4n) is 3.98. The Morgan fingerprint density at radius 1 is 1.13 bits per heavy atom. The van der Waals surface area contributed by atoms with Crippen molar-refractivity contribution in [2.45, 2.75) is 25.9 Å². The van der Waals surface area contributed by atoms with Gasteiger partial charge in [0, 0.05) is 31.0 Å². The van der Waals surface area contributed by atoms with Crippen LogP contribution >= 0.6 is 11.6 Å². The lowest BCUT2D eigenvalue weighted by Crippen LogP contribution is -2.42. The van der Waals surface area contributed by atoms with E-state index in [-0.39, 0.29) is 12.1 Å². The molecule has 4 rings (SSSR count). The minimum Gasteiger partial charge on any atom is -0.382 e. The number of aromatic nitrogens is 1. The first-order chi connectivity index (χ1) is 14.7. The van der Waals surface area contributed by atoms with E-state index in [0.717, 1.165) is 28.9 Å². The van der Waals surface area contributed by atoms with Crippen LogP contribution in [0.4, 0.5) is 4.79 Å². The predicted molar refractivity (Wildman–Crippen MR) is 119 cm³/mol. The van der Waals surface area contributed by atoms with Gasteiger partial charge in [-0.1, -0.05) is 48.0 Å². The molecule has 0 radical (unpaired) electrons. The van der Waals surface area contributed by atoms with Gasteiger partial charge in [0.25, 0.3) is 0 Å². The third kappa shape index (κ3) is 4.09. The molecule has 1 aliphatic heterocycles. The van der Waals surface area contributed by atoms with Crippen LogP contribution in [0.25, 0.3) is 5.69 Å². The zero-order valence-electron chi connectivity index (χ0n) is 17.1. The monoisotopic (exact) mass is 423 g/mol. The molecule has 2 heterocycles. The number of urea groups is 1. The number of hydrogen-bond donors (Lipinski definition) is 1. The molecule has 2 aromatic carbocycles. The molecule has 30 heavy (non-hydrogen) atoms. The zero-order chi connectivity index (χ0) is 20.9. The molecule has 0 unspecified atom stereocenters. The van der Waals surface area contributed by atoms with Gasteiger partial charge in [0.05, 0.1) is 17.9 Å². The van der Waals surface area contributed by atoms with Gasteiger partial charge in [-0.15, -0.1) is 0 Å². The summed E-state index contributed by atoms with van der Waals surface area (Å²) < 4.78 is 7.54. The minimum absolute atomic E-state index is 0.110. The van der Waals surface area contributed by atoms with Gasteiger partial charge in [0.15, 0.2) is 0 Å². The van der Waals surface area contributed by atoms with Crippen molar-refractivity contribution in [1.29, 1.82) is 0 Å². The van der Waals surface area contributed by atoms with Crippen LogP contribution in [-0.2, 0) is 11.3 Å². The number of ether oxygens (including phenoxy) is 1. The van der Waals surface area contributed by atoms with E-state index < -0.39 is 0 Å². The number of hydrogen-bond acceptors (Lipinski definition) is 2. The Labute approximate surface area is 182 Å². The standard InChI is InChI=1S/C24H26ClN3O2/c1-2-30-16-8-14-26-24(29)28-17-18-9-3-6-12-21(18)27-15-7-13-22(27)23(28)19-10-4-5-11-20(19)25/h3-7,9-13,15,23H,2,8,14,16-17H2,1H3,(H,26,29)/t23-/m0/s1. The number of carbonyl (C=O) groups excluding carboxylic acids is 1. The molecule has 2 amide bonds. The molecular formula is C24H26ClN3O2. The highest BCUT2D eigenvalue weighted by Gasteiger charge is 2.33. The Hall–Kier alpha value is -2.76. The summed E-state index contributed by atoms with van der Waals surface area (Å²) in [5.41, 5.74) is 4.10. The molecule has 1 atom stereocenters. The average Bonchev–Trinajstić information content (AvgIpc) is 3.19. The van der Waals surface area contributed by atoms with E-state index in [0.29, 0.717) is 31.3 Å². The molecule has 0 aliphatic carbocycles. The Balaban J connectivity index is 1.73. The summed E-state index contributed by atoms with van der Waals surface area (Å²) in [6.45, 7) is 4.34. The van der Waals surface area contributed by atoms with Gasteiger partial charge in [0.2, 0.25) is 0 Å². The third-order valence-electron chi connectivity index (χ3n) is 5.37. The second-order valence-electron chi connectivity index (χ2n) is 7.27. The molecule has 6 heteroatoms. The van der Waals surface area contributed by atoms with Crippen LogP contribution in [0, 0.1) is 0 Å². The van der Waals surface area contributed by atoms with Crippen LogP contribution in [0.15, 0.2) is 66.9 Å². The SMILES string of the molecule is CCOCCCNC(=O)N1Cc2ccccc2-n2cccc2[C@@H]1c1ccccc1Cl. The first-order valence-electron chi connectivity index (χ1n) is 10.3. The molecule has 156 valence electrons. The summed E-state index contributed by atoms with van der Waals surface area (Å²) in [6.07, 6.45) is 2.82.